The summed E-state index contributed by atoms with van der Waals surface area (Å²) >= 11 is 0. The third-order valence-electron chi connectivity index (χ3n) is 17.0. The first kappa shape index (κ1) is 85.2. The Morgan fingerprint density at radius 2 is 0.726 bits per heavy atom. The fourth-order valence-corrected chi connectivity index (χ4v) is 11.2. The van der Waals surface area contributed by atoms with Gasteiger partial charge in [-0.2, -0.15) is 0 Å². The van der Waals surface area contributed by atoms with E-state index in [2.05, 4.69) is 153 Å². The van der Waals surface area contributed by atoms with Crippen LogP contribution in [-0.2, 0) is 33.2 Å². The molecule has 19 nitrogen and oxygen atoms in total. The molecular weight excluding hydrogens is 1210 g/mol. The van der Waals surface area contributed by atoms with Crippen molar-refractivity contribution in [2.24, 2.45) is 0 Å². The molecule has 0 radical (unpaired) electrons. The molecule has 0 saturated carbocycles. The van der Waals surface area contributed by atoms with Crippen LogP contribution in [-0.4, -0.2) is 193 Å². The highest BCUT2D eigenvalue weighted by Crippen LogP contribution is 2.33. The summed E-state index contributed by atoms with van der Waals surface area (Å²) in [6.07, 6.45) is 51.4. The third-order valence-corrected chi connectivity index (χ3v) is 17.0. The molecule has 19 heteroatoms. The molecule has 3 heterocycles. The summed E-state index contributed by atoms with van der Waals surface area (Å²) in [7, 11) is 0. The van der Waals surface area contributed by atoms with Gasteiger partial charge in [0.2, 0.25) is 5.91 Å². The van der Waals surface area contributed by atoms with Crippen molar-refractivity contribution in [1.29, 1.82) is 0 Å². The zero-order valence-corrected chi connectivity index (χ0v) is 57.3. The molecule has 0 spiro atoms. The minimum atomic E-state index is -1.98. The maximum Gasteiger partial charge on any atom is 0.220 e. The maximum atomic E-state index is 13.4. The monoisotopic (exact) mass is 1340 g/mol. The summed E-state index contributed by atoms with van der Waals surface area (Å²) in [5.74, 6) is -0.263. The summed E-state index contributed by atoms with van der Waals surface area (Å²) in [6.45, 7) is 1.61. The molecule has 0 aliphatic carbocycles. The first-order valence-electron chi connectivity index (χ1n) is 35.9. The lowest BCUT2D eigenvalue weighted by Gasteiger charge is -2.48. The topological polar surface area (TPSA) is 307 Å². The van der Waals surface area contributed by atoms with E-state index in [4.69, 9.17) is 28.4 Å². The van der Waals surface area contributed by atoms with Gasteiger partial charge in [0.25, 0.3) is 0 Å². The second kappa shape index (κ2) is 55.8. The fraction of sp³-hybridized carbons (Fsp3) is 0.697. The van der Waals surface area contributed by atoms with Gasteiger partial charge >= 0.3 is 0 Å². The van der Waals surface area contributed by atoms with Gasteiger partial charge in [0.15, 0.2) is 18.9 Å². The third kappa shape index (κ3) is 37.1. The quantitative estimate of drug-likeness (QED) is 0.0199. The Morgan fingerprint density at radius 1 is 0.389 bits per heavy atom. The summed E-state index contributed by atoms with van der Waals surface area (Å²) in [4.78, 5) is 13.4. The van der Waals surface area contributed by atoms with Crippen LogP contribution in [0.15, 0.2) is 134 Å². The van der Waals surface area contributed by atoms with Gasteiger partial charge in [-0.25, -0.2) is 0 Å². The average Bonchev–Trinajstić information content (AvgIpc) is 0.797. The van der Waals surface area contributed by atoms with Crippen LogP contribution in [0.25, 0.3) is 0 Å². The van der Waals surface area contributed by atoms with Crippen molar-refractivity contribution >= 4 is 5.91 Å². The number of aliphatic hydroxyl groups is 11. The Hall–Kier alpha value is -4.07. The van der Waals surface area contributed by atoms with Crippen LogP contribution in [0.5, 0.6) is 0 Å². The van der Waals surface area contributed by atoms with Gasteiger partial charge in [0.05, 0.1) is 38.6 Å². The fourth-order valence-electron chi connectivity index (χ4n) is 11.2. The van der Waals surface area contributed by atoms with Crippen LogP contribution in [0, 0.1) is 0 Å². The average molecular weight is 1340 g/mol. The maximum absolute atomic E-state index is 13.4. The molecule has 0 aromatic heterocycles. The molecule has 1 amide bonds. The van der Waals surface area contributed by atoms with E-state index in [-0.39, 0.29) is 18.9 Å². The van der Waals surface area contributed by atoms with E-state index in [1.165, 1.54) is 25.7 Å². The highest BCUT2D eigenvalue weighted by atomic mass is 16.8. The van der Waals surface area contributed by atoms with Crippen LogP contribution in [0.2, 0.25) is 0 Å². The van der Waals surface area contributed by atoms with Crippen molar-refractivity contribution in [1.82, 2.24) is 5.32 Å². The molecule has 0 aromatic rings. The van der Waals surface area contributed by atoms with Crippen molar-refractivity contribution < 1.29 is 89.4 Å². The number of allylic oxidation sites excluding steroid dienone is 22. The summed E-state index contributed by atoms with van der Waals surface area (Å²) < 4.78 is 34.3. The molecule has 95 heavy (non-hydrogen) atoms. The van der Waals surface area contributed by atoms with Crippen LogP contribution in [0.4, 0.5) is 0 Å². The molecule has 17 atom stereocenters. The van der Waals surface area contributed by atoms with Crippen molar-refractivity contribution in [2.45, 2.75) is 311 Å². The van der Waals surface area contributed by atoms with Crippen LogP contribution >= 0.6 is 0 Å². The zero-order valence-electron chi connectivity index (χ0n) is 57.3. The second-order valence-corrected chi connectivity index (χ2v) is 25.0. The lowest BCUT2D eigenvalue weighted by molar-refractivity contribution is -0.379. The van der Waals surface area contributed by atoms with Gasteiger partial charge in [-0.1, -0.05) is 237 Å². The molecule has 3 aliphatic rings. The molecule has 0 bridgehead atoms. The molecule has 3 aliphatic heterocycles. The van der Waals surface area contributed by atoms with E-state index < -0.39 is 124 Å². The highest BCUT2D eigenvalue weighted by molar-refractivity contribution is 5.76. The zero-order chi connectivity index (χ0) is 68.9. The Bertz CT molecular complexity index is 2240. The molecule has 3 saturated heterocycles. The number of hydrogen-bond donors (Lipinski definition) is 12. The lowest BCUT2D eigenvalue weighted by atomic mass is 9.96. The molecular formula is C76H125NO18. The number of nitrogens with one attached hydrogen (secondary N) is 1. The number of rotatable bonds is 53. The Labute approximate surface area is 569 Å². The molecule has 542 valence electrons. The van der Waals surface area contributed by atoms with E-state index in [9.17, 15) is 61.0 Å². The van der Waals surface area contributed by atoms with Crippen LogP contribution in [0.1, 0.15) is 206 Å². The normalized spacial score (nSPS) is 28.0. The van der Waals surface area contributed by atoms with E-state index in [0.29, 0.717) is 12.8 Å². The molecule has 17 unspecified atom stereocenters. The standard InChI is InChI=1S/C76H125NO18/c1-3-5-7-9-11-13-14-15-16-17-18-19-20-21-22-23-24-25-26-27-28-29-30-31-32-33-34-35-36-37-38-39-40-41-42-43-44-46-48-50-52-54-64(82)77-59(60(81)53-51-49-47-45-12-10-8-6-4-2)58-90-74-70(88)67(85)72(62(56-79)92-74)95-76-71(89)68(86)73(63(57-80)93-76)94-75-69(87)66(84)65(83)61(55-78)91-75/h5,7,11,13,15-16,18-19,21-22,24-25,27-28,30-31,33-34,36-37,39-40,59-63,65-76,78-81,83-89H,3-4,6,8-10,12,14,17,20,23,26,29,32,35,38,41-58H2,1-2H3,(H,77,82)/b7-5-,13-11-,16-15-,19-18-,22-21-,25-24-,28-27-,31-30-,34-33-,37-36-,40-39-. The number of amides is 1. The van der Waals surface area contributed by atoms with Crippen LogP contribution in [0.3, 0.4) is 0 Å². The Kier molecular flexibility index (Phi) is 50.0. The highest BCUT2D eigenvalue weighted by Gasteiger charge is 2.53. The molecule has 3 rings (SSSR count). The van der Waals surface area contributed by atoms with Crippen molar-refractivity contribution in [3.63, 3.8) is 0 Å². The van der Waals surface area contributed by atoms with Crippen molar-refractivity contribution in [3.05, 3.63) is 134 Å². The summed E-state index contributed by atoms with van der Waals surface area (Å²) in [5.41, 5.74) is 0. The smallest absolute Gasteiger partial charge is 0.220 e. The van der Waals surface area contributed by atoms with Crippen molar-refractivity contribution in [2.75, 3.05) is 26.4 Å². The number of carbonyl (C=O) groups excluding carboxylic acids is 1. The summed E-state index contributed by atoms with van der Waals surface area (Å²) in [6, 6.07) is -0.900. The second-order valence-electron chi connectivity index (χ2n) is 25.0. The first-order chi connectivity index (χ1) is 46.3. The lowest BCUT2D eigenvalue weighted by Crippen LogP contribution is -2.66. The molecule has 3 fully saturated rings. The van der Waals surface area contributed by atoms with Gasteiger partial charge in [0.1, 0.15) is 73.2 Å². The van der Waals surface area contributed by atoms with Gasteiger partial charge in [-0.15, -0.1) is 0 Å². The van der Waals surface area contributed by atoms with E-state index >= 15 is 0 Å². The first-order valence-corrected chi connectivity index (χ1v) is 35.9. The Balaban J connectivity index is 1.30. The SMILES string of the molecule is CC/C=C\C/C=C\C/C=C\C/C=C\C/C=C\C/C=C\C/C=C\C/C=C\C/C=C\C/C=C\C/C=C\CCCCCCCCCC(=O)NC(COC1OC(CO)C(OC2OC(CO)C(OC3OC(CO)C(O)C(O)C3O)C(O)C2O)C(O)C1O)C(O)CCCCCCCCCCC. The largest absolute Gasteiger partial charge is 0.394 e. The van der Waals surface area contributed by atoms with Gasteiger partial charge in [0, 0.05) is 6.42 Å². The van der Waals surface area contributed by atoms with Crippen LogP contribution < -0.4 is 5.32 Å². The van der Waals surface area contributed by atoms with Gasteiger partial charge in [-0.05, 0) is 96.3 Å². The molecule has 0 aromatic carbocycles. The molecule has 12 N–H and O–H groups in total. The number of carbonyl (C=O) groups is 1. The predicted molar refractivity (Wildman–Crippen MR) is 373 cm³/mol. The van der Waals surface area contributed by atoms with Gasteiger partial charge in [-0.3, -0.25) is 4.79 Å². The van der Waals surface area contributed by atoms with Gasteiger partial charge < -0.3 is 89.9 Å². The summed E-state index contributed by atoms with van der Waals surface area (Å²) in [5, 5.41) is 120. The van der Waals surface area contributed by atoms with E-state index in [1.54, 1.807) is 0 Å². The minimum absolute atomic E-state index is 0.244. The van der Waals surface area contributed by atoms with E-state index in [0.717, 1.165) is 148 Å². The predicted octanol–water partition coefficient (Wildman–Crippen LogP) is 10.2. The number of hydrogen-bond acceptors (Lipinski definition) is 18. The van der Waals surface area contributed by atoms with E-state index in [1.807, 2.05) is 0 Å². The number of ether oxygens (including phenoxy) is 6. The Morgan fingerprint density at radius 3 is 1.14 bits per heavy atom. The number of unbranched alkanes of at least 4 members (excludes halogenated alkanes) is 15. The minimum Gasteiger partial charge on any atom is -0.394 e. The number of aliphatic hydroxyl groups excluding tert-OH is 11. The van der Waals surface area contributed by atoms with Crippen molar-refractivity contribution in [3.8, 4) is 0 Å².